The van der Waals surface area contributed by atoms with Gasteiger partial charge in [0, 0.05) is 18.0 Å². The summed E-state index contributed by atoms with van der Waals surface area (Å²) in [6, 6.07) is 22.4. The van der Waals surface area contributed by atoms with E-state index in [9.17, 15) is 4.79 Å². The summed E-state index contributed by atoms with van der Waals surface area (Å²) in [5, 5.41) is 5.12. The van der Waals surface area contributed by atoms with Crippen molar-refractivity contribution in [2.75, 3.05) is 5.32 Å². The lowest BCUT2D eigenvalue weighted by Crippen LogP contribution is -2.06. The number of hydrogen-bond acceptors (Lipinski definition) is 1. The molecule has 0 atom stereocenters. The minimum absolute atomic E-state index is 0.0552. The van der Waals surface area contributed by atoms with Crippen LogP contribution in [0.4, 0.5) is 5.69 Å². The van der Waals surface area contributed by atoms with Crippen molar-refractivity contribution in [1.82, 2.24) is 0 Å². The smallest absolute Gasteiger partial charge is 0.221 e. The summed E-state index contributed by atoms with van der Waals surface area (Å²) in [6.45, 7) is 1.53. The number of anilines is 1. The Balaban J connectivity index is 2.29. The van der Waals surface area contributed by atoms with Gasteiger partial charge in [0.25, 0.3) is 0 Å². The first-order valence-electron chi connectivity index (χ1n) is 6.60. The van der Waals surface area contributed by atoms with Crippen molar-refractivity contribution in [2.24, 2.45) is 0 Å². The fourth-order valence-corrected chi connectivity index (χ4v) is 2.49. The Morgan fingerprint density at radius 2 is 1.55 bits per heavy atom. The molecule has 0 unspecified atom stereocenters. The van der Waals surface area contributed by atoms with Crippen LogP contribution in [0.5, 0.6) is 0 Å². The predicted molar refractivity (Wildman–Crippen MR) is 83.7 cm³/mol. The average Bonchev–Trinajstić information content (AvgIpc) is 2.47. The molecule has 0 fully saturated rings. The number of amides is 1. The maximum absolute atomic E-state index is 11.4. The highest BCUT2D eigenvalue weighted by atomic mass is 16.1. The number of fused-ring (bicyclic) bond motifs is 1. The van der Waals surface area contributed by atoms with Crippen LogP contribution in [-0.4, -0.2) is 5.91 Å². The van der Waals surface area contributed by atoms with E-state index in [0.29, 0.717) is 0 Å². The molecule has 0 bridgehead atoms. The highest BCUT2D eigenvalue weighted by Gasteiger charge is 2.08. The zero-order chi connectivity index (χ0) is 13.9. The summed E-state index contributed by atoms with van der Waals surface area (Å²) in [5.74, 6) is -0.0552. The molecule has 3 rings (SSSR count). The summed E-state index contributed by atoms with van der Waals surface area (Å²) < 4.78 is 0. The molecular formula is C18H15NO. The van der Waals surface area contributed by atoms with E-state index >= 15 is 0 Å². The van der Waals surface area contributed by atoms with Crippen LogP contribution in [0.2, 0.25) is 0 Å². The molecule has 0 aliphatic carbocycles. The van der Waals surface area contributed by atoms with E-state index < -0.39 is 0 Å². The first-order valence-corrected chi connectivity index (χ1v) is 6.60. The van der Waals surface area contributed by atoms with Crippen LogP contribution in [0, 0.1) is 0 Å². The van der Waals surface area contributed by atoms with Crippen LogP contribution >= 0.6 is 0 Å². The van der Waals surface area contributed by atoms with Crippen LogP contribution in [0.25, 0.3) is 21.9 Å². The molecule has 1 N–H and O–H groups in total. The van der Waals surface area contributed by atoms with Gasteiger partial charge in [0.05, 0.1) is 0 Å². The molecule has 2 nitrogen and oxygen atoms in total. The highest BCUT2D eigenvalue weighted by molar-refractivity contribution is 6.08. The van der Waals surface area contributed by atoms with Crippen LogP contribution in [-0.2, 0) is 4.79 Å². The Labute approximate surface area is 118 Å². The zero-order valence-corrected chi connectivity index (χ0v) is 11.3. The third-order valence-corrected chi connectivity index (χ3v) is 3.30. The second kappa shape index (κ2) is 5.17. The van der Waals surface area contributed by atoms with Gasteiger partial charge in [-0.05, 0) is 22.6 Å². The summed E-state index contributed by atoms with van der Waals surface area (Å²) in [5.41, 5.74) is 3.14. The molecule has 0 spiro atoms. The monoisotopic (exact) mass is 261 g/mol. The summed E-state index contributed by atoms with van der Waals surface area (Å²) >= 11 is 0. The number of benzene rings is 3. The van der Waals surface area contributed by atoms with E-state index in [1.165, 1.54) is 6.92 Å². The number of carbonyl (C=O) groups is 1. The number of rotatable bonds is 2. The van der Waals surface area contributed by atoms with Crippen molar-refractivity contribution < 1.29 is 4.79 Å². The van der Waals surface area contributed by atoms with Gasteiger partial charge in [0.2, 0.25) is 5.91 Å². The van der Waals surface area contributed by atoms with Gasteiger partial charge in [-0.3, -0.25) is 4.79 Å². The van der Waals surface area contributed by atoms with Crippen molar-refractivity contribution in [3.63, 3.8) is 0 Å². The van der Waals surface area contributed by atoms with Gasteiger partial charge < -0.3 is 5.32 Å². The maximum Gasteiger partial charge on any atom is 0.221 e. The third kappa shape index (κ3) is 2.28. The maximum atomic E-state index is 11.4. The zero-order valence-electron chi connectivity index (χ0n) is 11.3. The van der Waals surface area contributed by atoms with E-state index in [-0.39, 0.29) is 5.91 Å². The second-order valence-corrected chi connectivity index (χ2v) is 4.76. The van der Waals surface area contributed by atoms with Crippen LogP contribution < -0.4 is 5.32 Å². The van der Waals surface area contributed by atoms with Gasteiger partial charge in [-0.2, -0.15) is 0 Å². The summed E-state index contributed by atoms with van der Waals surface area (Å²) in [7, 11) is 0. The van der Waals surface area contributed by atoms with Crippen LogP contribution in [0.1, 0.15) is 6.92 Å². The van der Waals surface area contributed by atoms with E-state index in [2.05, 4.69) is 35.6 Å². The first-order chi connectivity index (χ1) is 9.75. The van der Waals surface area contributed by atoms with E-state index in [1.807, 2.05) is 36.4 Å². The van der Waals surface area contributed by atoms with E-state index in [4.69, 9.17) is 0 Å². The minimum Gasteiger partial charge on any atom is -0.326 e. The molecular weight excluding hydrogens is 246 g/mol. The fraction of sp³-hybridized carbons (Fsp3) is 0.0556. The molecule has 2 heteroatoms. The quantitative estimate of drug-likeness (QED) is 0.724. The van der Waals surface area contributed by atoms with E-state index in [1.54, 1.807) is 0 Å². The lowest BCUT2D eigenvalue weighted by atomic mass is 9.97. The van der Waals surface area contributed by atoms with Crippen molar-refractivity contribution in [3.05, 3.63) is 66.7 Å². The Hall–Kier alpha value is -2.61. The Morgan fingerprint density at radius 1 is 0.850 bits per heavy atom. The third-order valence-electron chi connectivity index (χ3n) is 3.30. The van der Waals surface area contributed by atoms with Gasteiger partial charge in [-0.15, -0.1) is 0 Å². The second-order valence-electron chi connectivity index (χ2n) is 4.76. The molecule has 0 aliphatic heterocycles. The molecule has 0 radical (unpaired) electrons. The summed E-state index contributed by atoms with van der Waals surface area (Å²) in [6.07, 6.45) is 0. The van der Waals surface area contributed by atoms with Gasteiger partial charge in [-0.25, -0.2) is 0 Å². The normalized spacial score (nSPS) is 10.4. The van der Waals surface area contributed by atoms with Crippen molar-refractivity contribution in [1.29, 1.82) is 0 Å². The molecule has 1 amide bonds. The molecule has 3 aromatic rings. The molecule has 98 valence electrons. The number of nitrogens with one attached hydrogen (secondary N) is 1. The standard InChI is InChI=1S/C18H15NO/c1-13(20)19-17-12-6-10-15-9-5-11-16(18(15)17)14-7-3-2-4-8-14/h2-12H,1H3,(H,19,20). The molecule has 0 aromatic heterocycles. The molecule has 3 aromatic carbocycles. The molecule has 0 heterocycles. The molecule has 0 saturated heterocycles. The SMILES string of the molecule is CC(=O)Nc1cccc2cccc(-c3ccccc3)c12. The van der Waals surface area contributed by atoms with Gasteiger partial charge in [0.15, 0.2) is 0 Å². The predicted octanol–water partition coefficient (Wildman–Crippen LogP) is 4.47. The topological polar surface area (TPSA) is 29.1 Å². The first kappa shape index (κ1) is 12.4. The Kier molecular flexibility index (Phi) is 3.21. The molecule has 0 aliphatic rings. The lowest BCUT2D eigenvalue weighted by molar-refractivity contribution is -0.114. The van der Waals surface area contributed by atoms with Crippen LogP contribution in [0.15, 0.2) is 66.7 Å². The average molecular weight is 261 g/mol. The molecule has 0 saturated carbocycles. The Morgan fingerprint density at radius 3 is 2.25 bits per heavy atom. The highest BCUT2D eigenvalue weighted by Crippen LogP contribution is 2.33. The lowest BCUT2D eigenvalue weighted by Gasteiger charge is -2.12. The fourth-order valence-electron chi connectivity index (χ4n) is 2.49. The number of carbonyl (C=O) groups excluding carboxylic acids is 1. The van der Waals surface area contributed by atoms with Crippen LogP contribution in [0.3, 0.4) is 0 Å². The number of hydrogen-bond donors (Lipinski definition) is 1. The van der Waals surface area contributed by atoms with Gasteiger partial charge >= 0.3 is 0 Å². The van der Waals surface area contributed by atoms with Gasteiger partial charge in [-0.1, -0.05) is 60.7 Å². The van der Waals surface area contributed by atoms with Gasteiger partial charge in [0.1, 0.15) is 0 Å². The van der Waals surface area contributed by atoms with E-state index in [0.717, 1.165) is 27.6 Å². The largest absolute Gasteiger partial charge is 0.326 e. The Bertz CT molecular complexity index is 757. The molecule has 20 heavy (non-hydrogen) atoms. The minimum atomic E-state index is -0.0552. The van der Waals surface area contributed by atoms with Crippen molar-refractivity contribution >= 4 is 22.4 Å². The van der Waals surface area contributed by atoms with Crippen molar-refractivity contribution in [3.8, 4) is 11.1 Å². The van der Waals surface area contributed by atoms with Crippen molar-refractivity contribution in [2.45, 2.75) is 6.92 Å². The summed E-state index contributed by atoms with van der Waals surface area (Å²) in [4.78, 5) is 11.4.